The third-order valence-electron chi connectivity index (χ3n) is 1.30. The maximum atomic E-state index is 9.18. The maximum absolute atomic E-state index is 9.18. The van der Waals surface area contributed by atoms with Crippen LogP contribution in [-0.2, 0) is 0 Å². The molecule has 0 amide bonds. The topological polar surface area (TPSA) is 40.5 Å². The second-order valence-electron chi connectivity index (χ2n) is 2.39. The summed E-state index contributed by atoms with van der Waals surface area (Å²) in [4.78, 5) is 0. The van der Waals surface area contributed by atoms with Crippen LogP contribution in [-0.4, -0.2) is 22.9 Å². The van der Waals surface area contributed by atoms with Crippen LogP contribution in [0.2, 0.25) is 0 Å². The normalized spacial score (nSPS) is 10.6. The van der Waals surface area contributed by atoms with E-state index in [4.69, 9.17) is 5.11 Å². The van der Waals surface area contributed by atoms with Crippen molar-refractivity contribution in [2.45, 2.75) is 32.3 Å². The van der Waals surface area contributed by atoms with Crippen molar-refractivity contribution < 1.29 is 10.2 Å². The van der Waals surface area contributed by atoms with Crippen LogP contribution in [0.3, 0.4) is 0 Å². The third-order valence-corrected chi connectivity index (χ3v) is 1.30. The summed E-state index contributed by atoms with van der Waals surface area (Å²) < 4.78 is 0. The van der Waals surface area contributed by atoms with E-state index in [0.717, 1.165) is 12.8 Å². The summed E-state index contributed by atoms with van der Waals surface area (Å²) in [6.45, 7) is 1.88. The van der Waals surface area contributed by atoms with Gasteiger partial charge >= 0.3 is 0 Å². The summed E-state index contributed by atoms with van der Waals surface area (Å²) in [5, 5.41) is 17.4. The van der Waals surface area contributed by atoms with Crippen LogP contribution in [0.25, 0.3) is 0 Å². The highest BCUT2D eigenvalue weighted by atomic mass is 16.3. The van der Waals surface area contributed by atoms with E-state index in [9.17, 15) is 5.11 Å². The van der Waals surface area contributed by atoms with Crippen molar-refractivity contribution in [2.75, 3.05) is 6.61 Å². The number of hydrogen-bond acceptors (Lipinski definition) is 2. The van der Waals surface area contributed by atoms with Gasteiger partial charge in [-0.25, -0.2) is 0 Å². The number of rotatable bonds is 3. The first-order valence-electron chi connectivity index (χ1n) is 4.08. The van der Waals surface area contributed by atoms with Gasteiger partial charge in [0, 0.05) is 0 Å². The van der Waals surface area contributed by atoms with E-state index in [1.807, 2.05) is 0 Å². The van der Waals surface area contributed by atoms with E-state index in [-0.39, 0.29) is 6.61 Å². The van der Waals surface area contributed by atoms with Crippen LogP contribution in [0, 0.1) is 23.7 Å². The van der Waals surface area contributed by atoms with Crippen LogP contribution in [0.1, 0.15) is 26.2 Å². The molecule has 0 saturated carbocycles. The van der Waals surface area contributed by atoms with Gasteiger partial charge in [-0.3, -0.25) is 0 Å². The first-order chi connectivity index (χ1) is 5.81. The molecule has 0 heterocycles. The standard InChI is InChI=1S/C10H14O2/c1-2-3-7-10(12)8-5-4-6-9-11/h10-12H,2-3,7,9H2,1H3/t10-/m0/s1. The number of aliphatic hydroxyl groups is 2. The lowest BCUT2D eigenvalue weighted by Gasteiger charge is -1.98. The Kier molecular flexibility index (Phi) is 7.49. The van der Waals surface area contributed by atoms with Crippen LogP contribution in [0.4, 0.5) is 0 Å². The number of unbranched alkanes of at least 4 members (excludes halogenated alkanes) is 1. The first-order valence-corrected chi connectivity index (χ1v) is 4.08. The molecule has 0 unspecified atom stereocenters. The minimum Gasteiger partial charge on any atom is -0.384 e. The van der Waals surface area contributed by atoms with Gasteiger partial charge in [-0.2, -0.15) is 0 Å². The van der Waals surface area contributed by atoms with Gasteiger partial charge in [0.05, 0.1) is 0 Å². The molecule has 2 heteroatoms. The molecule has 1 atom stereocenters. The molecule has 0 aliphatic heterocycles. The summed E-state index contributed by atoms with van der Waals surface area (Å²) in [6, 6.07) is 0. The van der Waals surface area contributed by atoms with Gasteiger partial charge in [-0.15, -0.1) is 0 Å². The minimum atomic E-state index is -0.571. The summed E-state index contributed by atoms with van der Waals surface area (Å²) in [6.07, 6.45) is 2.16. The highest BCUT2D eigenvalue weighted by Crippen LogP contribution is 1.97. The van der Waals surface area contributed by atoms with Crippen molar-refractivity contribution in [3.8, 4) is 23.7 Å². The fraction of sp³-hybridized carbons (Fsp3) is 0.600. The van der Waals surface area contributed by atoms with E-state index >= 15 is 0 Å². The molecule has 0 rings (SSSR count). The highest BCUT2D eigenvalue weighted by Gasteiger charge is 1.95. The average Bonchev–Trinajstić information content (AvgIpc) is 2.09. The molecular weight excluding hydrogens is 152 g/mol. The Balaban J connectivity index is 3.63. The van der Waals surface area contributed by atoms with Gasteiger partial charge < -0.3 is 10.2 Å². The van der Waals surface area contributed by atoms with Crippen LogP contribution in [0.15, 0.2) is 0 Å². The molecular formula is C10H14O2. The largest absolute Gasteiger partial charge is 0.384 e. The maximum Gasteiger partial charge on any atom is 0.115 e. The number of aliphatic hydroxyl groups excluding tert-OH is 2. The Bertz CT molecular complexity index is 211. The van der Waals surface area contributed by atoms with Crippen LogP contribution >= 0.6 is 0 Å². The zero-order valence-electron chi connectivity index (χ0n) is 7.30. The second kappa shape index (κ2) is 8.14. The lowest BCUT2D eigenvalue weighted by molar-refractivity contribution is 0.218. The van der Waals surface area contributed by atoms with Crippen LogP contribution < -0.4 is 0 Å². The Morgan fingerprint density at radius 1 is 1.33 bits per heavy atom. The average molecular weight is 166 g/mol. The van der Waals surface area contributed by atoms with Gasteiger partial charge in [-0.1, -0.05) is 31.6 Å². The molecule has 0 aliphatic rings. The van der Waals surface area contributed by atoms with Crippen molar-refractivity contribution in [1.29, 1.82) is 0 Å². The van der Waals surface area contributed by atoms with E-state index < -0.39 is 6.10 Å². The molecule has 12 heavy (non-hydrogen) atoms. The predicted molar refractivity (Wildman–Crippen MR) is 48.2 cm³/mol. The minimum absolute atomic E-state index is 0.181. The van der Waals surface area contributed by atoms with Crippen molar-refractivity contribution in [3.05, 3.63) is 0 Å². The Morgan fingerprint density at radius 3 is 2.67 bits per heavy atom. The first kappa shape index (κ1) is 11.0. The van der Waals surface area contributed by atoms with E-state index in [0.29, 0.717) is 6.42 Å². The van der Waals surface area contributed by atoms with Crippen LogP contribution in [0.5, 0.6) is 0 Å². The fourth-order valence-electron chi connectivity index (χ4n) is 0.673. The molecule has 2 nitrogen and oxygen atoms in total. The van der Waals surface area contributed by atoms with Crippen molar-refractivity contribution >= 4 is 0 Å². The van der Waals surface area contributed by atoms with Gasteiger partial charge in [0.15, 0.2) is 0 Å². The molecule has 0 fully saturated rings. The van der Waals surface area contributed by atoms with Crippen molar-refractivity contribution in [3.63, 3.8) is 0 Å². The fourth-order valence-corrected chi connectivity index (χ4v) is 0.673. The Hall–Kier alpha value is -0.960. The zero-order chi connectivity index (χ0) is 9.23. The van der Waals surface area contributed by atoms with Crippen molar-refractivity contribution in [1.82, 2.24) is 0 Å². The van der Waals surface area contributed by atoms with Gasteiger partial charge in [-0.05, 0) is 18.3 Å². The van der Waals surface area contributed by atoms with E-state index in [1.54, 1.807) is 0 Å². The summed E-state index contributed by atoms with van der Waals surface area (Å²) in [5.41, 5.74) is 0. The quantitative estimate of drug-likeness (QED) is 0.601. The second-order valence-corrected chi connectivity index (χ2v) is 2.39. The Labute approximate surface area is 73.6 Å². The summed E-state index contributed by atoms with van der Waals surface area (Å²) >= 11 is 0. The smallest absolute Gasteiger partial charge is 0.115 e. The predicted octanol–water partition coefficient (Wildman–Crippen LogP) is 0.537. The molecule has 66 valence electrons. The molecule has 0 spiro atoms. The molecule has 0 aliphatic carbocycles. The molecule has 2 N–H and O–H groups in total. The lowest BCUT2D eigenvalue weighted by Crippen LogP contribution is -2.01. The highest BCUT2D eigenvalue weighted by molar-refractivity contribution is 5.27. The summed E-state index contributed by atoms with van der Waals surface area (Å²) in [7, 11) is 0. The monoisotopic (exact) mass is 166 g/mol. The molecule has 0 aromatic carbocycles. The molecule has 0 bridgehead atoms. The van der Waals surface area contributed by atoms with E-state index in [1.165, 1.54) is 0 Å². The van der Waals surface area contributed by atoms with Gasteiger partial charge in [0.2, 0.25) is 0 Å². The molecule has 0 aromatic heterocycles. The number of hydrogen-bond donors (Lipinski definition) is 2. The van der Waals surface area contributed by atoms with Gasteiger partial charge in [0.25, 0.3) is 0 Å². The third kappa shape index (κ3) is 7.15. The molecule has 0 aromatic rings. The lowest BCUT2D eigenvalue weighted by atomic mass is 10.2. The summed E-state index contributed by atoms with van der Waals surface area (Å²) in [5.74, 6) is 9.85. The molecule has 0 saturated heterocycles. The van der Waals surface area contributed by atoms with E-state index in [2.05, 4.69) is 30.6 Å². The SMILES string of the molecule is CCCC[C@H](O)C#CC#CCO. The molecule has 0 radical (unpaired) electrons. The van der Waals surface area contributed by atoms with Gasteiger partial charge in [0.1, 0.15) is 12.7 Å². The zero-order valence-corrected chi connectivity index (χ0v) is 7.30. The Morgan fingerprint density at radius 2 is 2.08 bits per heavy atom. The van der Waals surface area contributed by atoms with Crippen molar-refractivity contribution in [2.24, 2.45) is 0 Å².